The van der Waals surface area contributed by atoms with Crippen molar-refractivity contribution in [3.63, 3.8) is 0 Å². The highest BCUT2D eigenvalue weighted by molar-refractivity contribution is 5.96. The molecule has 148 valence electrons. The minimum Gasteiger partial charge on any atom is -0.465 e. The first kappa shape index (κ1) is 19.8. The highest BCUT2D eigenvalue weighted by Crippen LogP contribution is 2.25. The van der Waals surface area contributed by atoms with Crippen LogP contribution in [0.5, 0.6) is 0 Å². The molecule has 0 spiro atoms. The van der Waals surface area contributed by atoms with Gasteiger partial charge in [-0.25, -0.2) is 4.79 Å². The van der Waals surface area contributed by atoms with Crippen LogP contribution in [0.1, 0.15) is 40.5 Å². The van der Waals surface area contributed by atoms with Crippen molar-refractivity contribution in [3.05, 3.63) is 35.4 Å². The molecule has 2 heterocycles. The normalized spacial score (nSPS) is 21.1. The number of ether oxygens (including phenoxy) is 1. The Kier molecular flexibility index (Phi) is 6.50. The molecule has 0 aliphatic carbocycles. The molecular weight excluding hydrogens is 342 g/mol. The van der Waals surface area contributed by atoms with Crippen molar-refractivity contribution in [3.8, 4) is 0 Å². The van der Waals surface area contributed by atoms with Gasteiger partial charge in [0.1, 0.15) is 0 Å². The molecule has 6 nitrogen and oxygen atoms in total. The van der Waals surface area contributed by atoms with E-state index < -0.39 is 0 Å². The lowest BCUT2D eigenvalue weighted by Crippen LogP contribution is -2.52. The zero-order valence-corrected chi connectivity index (χ0v) is 16.7. The molecule has 2 saturated heterocycles. The Labute approximate surface area is 162 Å². The molecule has 0 N–H and O–H groups in total. The average Bonchev–Trinajstić information content (AvgIpc) is 2.73. The molecule has 3 rings (SSSR count). The Morgan fingerprint density at radius 3 is 2.07 bits per heavy atom. The zero-order valence-electron chi connectivity index (χ0n) is 16.7. The molecule has 1 atom stereocenters. The third-order valence-electron chi connectivity index (χ3n) is 6.18. The van der Waals surface area contributed by atoms with Gasteiger partial charge in [0.05, 0.1) is 12.7 Å². The van der Waals surface area contributed by atoms with Crippen molar-refractivity contribution in [2.45, 2.75) is 25.8 Å². The number of hydrogen-bond acceptors (Lipinski definition) is 5. The molecule has 0 bridgehead atoms. The van der Waals surface area contributed by atoms with Gasteiger partial charge in [-0.15, -0.1) is 0 Å². The molecule has 0 aromatic heterocycles. The molecule has 6 heteroatoms. The van der Waals surface area contributed by atoms with Crippen molar-refractivity contribution < 1.29 is 14.3 Å². The number of benzene rings is 1. The molecule has 1 unspecified atom stereocenters. The SMILES string of the molecule is COC(=O)c1ccc(C(=O)N2CCC(C(C)N3CCN(C)CC3)CC2)cc1. The van der Waals surface area contributed by atoms with Crippen LogP contribution in [0.4, 0.5) is 0 Å². The van der Waals surface area contributed by atoms with Gasteiger partial charge in [-0.3, -0.25) is 9.69 Å². The molecule has 1 amide bonds. The monoisotopic (exact) mass is 373 g/mol. The minimum absolute atomic E-state index is 0.0529. The van der Waals surface area contributed by atoms with Crippen LogP contribution < -0.4 is 0 Å². The summed E-state index contributed by atoms with van der Waals surface area (Å²) in [6.07, 6.45) is 2.11. The number of piperazine rings is 1. The molecule has 2 aliphatic heterocycles. The van der Waals surface area contributed by atoms with Crippen molar-refractivity contribution in [2.75, 3.05) is 53.4 Å². The molecule has 2 fully saturated rings. The van der Waals surface area contributed by atoms with Crippen molar-refractivity contribution in [1.29, 1.82) is 0 Å². The Morgan fingerprint density at radius 2 is 1.52 bits per heavy atom. The predicted molar refractivity (Wildman–Crippen MR) is 105 cm³/mol. The first-order valence-corrected chi connectivity index (χ1v) is 9.90. The molecule has 0 radical (unpaired) electrons. The van der Waals surface area contributed by atoms with Gasteiger partial charge in [0.15, 0.2) is 0 Å². The molecule has 27 heavy (non-hydrogen) atoms. The summed E-state index contributed by atoms with van der Waals surface area (Å²) in [5.74, 6) is 0.323. The summed E-state index contributed by atoms with van der Waals surface area (Å²) < 4.78 is 4.70. The largest absolute Gasteiger partial charge is 0.465 e. The summed E-state index contributed by atoms with van der Waals surface area (Å²) in [5, 5.41) is 0. The van der Waals surface area contributed by atoms with E-state index in [0.29, 0.717) is 23.1 Å². The van der Waals surface area contributed by atoms with Gasteiger partial charge >= 0.3 is 5.97 Å². The standard InChI is InChI=1S/C21H31N3O3/c1-16(23-14-12-22(2)13-15-23)17-8-10-24(11-9-17)20(25)18-4-6-19(7-5-18)21(26)27-3/h4-7,16-17H,8-15H2,1-3H3. The van der Waals surface area contributed by atoms with Gasteiger partial charge in [-0.1, -0.05) is 0 Å². The zero-order chi connectivity index (χ0) is 19.4. The first-order valence-electron chi connectivity index (χ1n) is 9.90. The number of nitrogens with zero attached hydrogens (tertiary/aromatic N) is 3. The second-order valence-electron chi connectivity index (χ2n) is 7.78. The van der Waals surface area contributed by atoms with E-state index in [2.05, 4.69) is 23.8 Å². The first-order chi connectivity index (χ1) is 13.0. The number of esters is 1. The molecule has 1 aromatic rings. The lowest BCUT2D eigenvalue weighted by atomic mass is 9.88. The maximum atomic E-state index is 12.8. The van der Waals surface area contributed by atoms with E-state index in [1.165, 1.54) is 7.11 Å². The van der Waals surface area contributed by atoms with Crippen LogP contribution >= 0.6 is 0 Å². The number of piperidine rings is 1. The van der Waals surface area contributed by atoms with Crippen LogP contribution in [0.15, 0.2) is 24.3 Å². The Bertz CT molecular complexity index is 645. The van der Waals surface area contributed by atoms with Gasteiger partial charge in [-0.05, 0) is 57.0 Å². The van der Waals surface area contributed by atoms with E-state index >= 15 is 0 Å². The highest BCUT2D eigenvalue weighted by Gasteiger charge is 2.30. The highest BCUT2D eigenvalue weighted by atomic mass is 16.5. The lowest BCUT2D eigenvalue weighted by Gasteiger charge is -2.42. The lowest BCUT2D eigenvalue weighted by molar-refractivity contribution is 0.0499. The number of methoxy groups -OCH3 is 1. The molecular formula is C21H31N3O3. The van der Waals surface area contributed by atoms with E-state index in [4.69, 9.17) is 4.74 Å². The maximum absolute atomic E-state index is 12.8. The Balaban J connectivity index is 1.52. The number of hydrogen-bond donors (Lipinski definition) is 0. The number of amides is 1. The fourth-order valence-electron chi connectivity index (χ4n) is 4.16. The summed E-state index contributed by atoms with van der Waals surface area (Å²) in [5.41, 5.74) is 1.10. The maximum Gasteiger partial charge on any atom is 0.337 e. The van der Waals surface area contributed by atoms with Gasteiger partial charge in [0, 0.05) is 50.9 Å². The van der Waals surface area contributed by atoms with Crippen molar-refractivity contribution in [2.24, 2.45) is 5.92 Å². The summed E-state index contributed by atoms with van der Waals surface area (Å²) in [6, 6.07) is 7.32. The fourth-order valence-corrected chi connectivity index (χ4v) is 4.16. The molecule has 0 saturated carbocycles. The molecule has 2 aliphatic rings. The van der Waals surface area contributed by atoms with Crippen LogP contribution in [0.2, 0.25) is 0 Å². The van der Waals surface area contributed by atoms with Gasteiger partial charge in [-0.2, -0.15) is 0 Å². The summed E-state index contributed by atoms with van der Waals surface area (Å²) in [7, 11) is 3.54. The second-order valence-corrected chi connectivity index (χ2v) is 7.78. The van der Waals surface area contributed by atoms with Crippen LogP contribution in [0.25, 0.3) is 0 Å². The number of rotatable bonds is 4. The third-order valence-corrected chi connectivity index (χ3v) is 6.18. The average molecular weight is 373 g/mol. The van der Waals surface area contributed by atoms with Gasteiger partial charge in [0.2, 0.25) is 0 Å². The fraction of sp³-hybridized carbons (Fsp3) is 0.619. The third kappa shape index (κ3) is 4.68. The number of likely N-dealkylation sites (tertiary alicyclic amines) is 1. The number of carbonyl (C=O) groups is 2. The van der Waals surface area contributed by atoms with Gasteiger partial charge < -0.3 is 14.5 Å². The number of likely N-dealkylation sites (N-methyl/N-ethyl adjacent to an activating group) is 1. The van der Waals surface area contributed by atoms with Crippen LogP contribution in [0, 0.1) is 5.92 Å². The summed E-state index contributed by atoms with van der Waals surface area (Å²) >= 11 is 0. The predicted octanol–water partition coefficient (Wildman–Crippen LogP) is 1.96. The van der Waals surface area contributed by atoms with Gasteiger partial charge in [0.25, 0.3) is 5.91 Å². The molecule has 1 aromatic carbocycles. The van der Waals surface area contributed by atoms with E-state index in [1.54, 1.807) is 24.3 Å². The minimum atomic E-state index is -0.382. The van der Waals surface area contributed by atoms with E-state index in [1.807, 2.05) is 4.90 Å². The van der Waals surface area contributed by atoms with E-state index in [9.17, 15) is 9.59 Å². The Hall–Kier alpha value is -1.92. The van der Waals surface area contributed by atoms with E-state index in [-0.39, 0.29) is 11.9 Å². The topological polar surface area (TPSA) is 53.1 Å². The van der Waals surface area contributed by atoms with Crippen LogP contribution in [-0.4, -0.2) is 86.0 Å². The van der Waals surface area contributed by atoms with Crippen LogP contribution in [0.3, 0.4) is 0 Å². The van der Waals surface area contributed by atoms with Crippen molar-refractivity contribution in [1.82, 2.24) is 14.7 Å². The summed E-state index contributed by atoms with van der Waals surface area (Å²) in [4.78, 5) is 31.2. The number of carbonyl (C=O) groups excluding carboxylic acids is 2. The summed E-state index contributed by atoms with van der Waals surface area (Å²) in [6.45, 7) is 8.53. The van der Waals surface area contributed by atoms with Crippen molar-refractivity contribution >= 4 is 11.9 Å². The Morgan fingerprint density at radius 1 is 0.963 bits per heavy atom. The smallest absolute Gasteiger partial charge is 0.337 e. The second kappa shape index (κ2) is 8.85. The quantitative estimate of drug-likeness (QED) is 0.755. The van der Waals surface area contributed by atoms with Crippen LogP contribution in [-0.2, 0) is 4.74 Å². The van der Waals surface area contributed by atoms with E-state index in [0.717, 1.165) is 52.1 Å².